The molecule has 5 aliphatic rings. The molecular formula is C34H60. The van der Waals surface area contributed by atoms with Gasteiger partial charge in [-0.15, -0.1) is 0 Å². The van der Waals surface area contributed by atoms with Crippen LogP contribution in [0.5, 0.6) is 0 Å². The van der Waals surface area contributed by atoms with E-state index in [0.717, 1.165) is 71.0 Å². The summed E-state index contributed by atoms with van der Waals surface area (Å²) in [5.41, 5.74) is 0. The lowest BCUT2D eigenvalue weighted by molar-refractivity contribution is 0.293. The van der Waals surface area contributed by atoms with Gasteiger partial charge in [0, 0.05) is 0 Å². The lowest BCUT2D eigenvalue weighted by Gasteiger charge is -2.21. The maximum absolute atomic E-state index is 2.57. The minimum absolute atomic E-state index is 0.889. The molecule has 34 heavy (non-hydrogen) atoms. The Morgan fingerprint density at radius 2 is 1.21 bits per heavy atom. The van der Waals surface area contributed by atoms with E-state index in [1.807, 2.05) is 0 Å². The Morgan fingerprint density at radius 1 is 0.559 bits per heavy atom. The highest BCUT2D eigenvalue weighted by molar-refractivity contribution is 5.06. The van der Waals surface area contributed by atoms with E-state index in [1.165, 1.54) is 43.9 Å². The first-order valence-corrected chi connectivity index (χ1v) is 16.3. The zero-order valence-corrected chi connectivity index (χ0v) is 24.0. The van der Waals surface area contributed by atoms with Crippen LogP contribution in [0.4, 0.5) is 0 Å². The van der Waals surface area contributed by atoms with Crippen molar-refractivity contribution in [3.63, 3.8) is 0 Å². The second-order valence-electron chi connectivity index (χ2n) is 15.3. The molecule has 0 heteroatoms. The third-order valence-electron chi connectivity index (χ3n) is 12.8. The molecule has 0 N–H and O–H groups in total. The molecule has 0 heterocycles. The van der Waals surface area contributed by atoms with E-state index in [9.17, 15) is 0 Å². The predicted molar refractivity (Wildman–Crippen MR) is 148 cm³/mol. The van der Waals surface area contributed by atoms with Crippen LogP contribution in [0, 0.1) is 82.9 Å². The average molecular weight is 469 g/mol. The minimum Gasteiger partial charge on any atom is -0.0628 e. The summed E-state index contributed by atoms with van der Waals surface area (Å²) >= 11 is 0. The van der Waals surface area contributed by atoms with Crippen molar-refractivity contribution in [2.24, 2.45) is 82.9 Å². The quantitative estimate of drug-likeness (QED) is 0.224. The summed E-state index contributed by atoms with van der Waals surface area (Å²) in [4.78, 5) is 0. The van der Waals surface area contributed by atoms with Crippen molar-refractivity contribution in [1.82, 2.24) is 0 Å². The molecule has 0 saturated heterocycles. The van der Waals surface area contributed by atoms with Crippen LogP contribution in [0.3, 0.4) is 0 Å². The van der Waals surface area contributed by atoms with Crippen LogP contribution in [0.2, 0.25) is 0 Å². The smallest absolute Gasteiger partial charge is 0.0349 e. The minimum atomic E-state index is 0.889. The zero-order valence-electron chi connectivity index (χ0n) is 24.0. The van der Waals surface area contributed by atoms with Gasteiger partial charge < -0.3 is 0 Å². The molecule has 0 spiro atoms. The fourth-order valence-corrected chi connectivity index (χ4v) is 9.57. The van der Waals surface area contributed by atoms with Gasteiger partial charge in [0.2, 0.25) is 0 Å². The summed E-state index contributed by atoms with van der Waals surface area (Å²) < 4.78 is 0. The van der Waals surface area contributed by atoms with Crippen LogP contribution in [0.25, 0.3) is 0 Å². The van der Waals surface area contributed by atoms with Crippen molar-refractivity contribution in [2.75, 3.05) is 0 Å². The van der Waals surface area contributed by atoms with E-state index in [2.05, 4.69) is 41.5 Å². The number of hydrogen-bond donors (Lipinski definition) is 0. The summed E-state index contributed by atoms with van der Waals surface area (Å²) in [5, 5.41) is 0. The van der Waals surface area contributed by atoms with Crippen molar-refractivity contribution in [3.8, 4) is 0 Å². The molecule has 196 valence electrons. The van der Waals surface area contributed by atoms with Crippen molar-refractivity contribution in [3.05, 3.63) is 0 Å². The van der Waals surface area contributed by atoms with Gasteiger partial charge in [-0.2, -0.15) is 0 Å². The molecule has 12 unspecified atom stereocenters. The van der Waals surface area contributed by atoms with E-state index in [-0.39, 0.29) is 0 Å². The SMILES string of the molecule is CC(C)CCCC(C)CCCC1CC1C1CCC2C(CCC3C(C)C3CCC3C(C)C3C)C2C1. The van der Waals surface area contributed by atoms with Gasteiger partial charge in [-0.25, -0.2) is 0 Å². The van der Waals surface area contributed by atoms with Gasteiger partial charge in [0.05, 0.1) is 0 Å². The number of fused-ring (bicyclic) bond motifs is 1. The Hall–Kier alpha value is 0. The molecular weight excluding hydrogens is 408 g/mol. The monoisotopic (exact) mass is 468 g/mol. The molecule has 0 aromatic heterocycles. The van der Waals surface area contributed by atoms with E-state index >= 15 is 0 Å². The third-order valence-corrected chi connectivity index (χ3v) is 12.8. The van der Waals surface area contributed by atoms with E-state index in [0.29, 0.717) is 0 Å². The molecule has 0 aliphatic heterocycles. The third kappa shape index (κ3) is 6.10. The normalized spacial score (nSPS) is 47.4. The summed E-state index contributed by atoms with van der Waals surface area (Å²) in [6, 6.07) is 0. The highest BCUT2D eigenvalue weighted by Gasteiger charge is 2.56. The first-order valence-electron chi connectivity index (χ1n) is 16.3. The topological polar surface area (TPSA) is 0 Å². The zero-order chi connectivity index (χ0) is 24.0. The molecule has 0 amide bonds. The summed E-state index contributed by atoms with van der Waals surface area (Å²) in [7, 11) is 0. The van der Waals surface area contributed by atoms with Gasteiger partial charge in [-0.1, -0.05) is 80.1 Å². The van der Waals surface area contributed by atoms with Crippen LogP contribution in [0.15, 0.2) is 0 Å². The molecule has 12 atom stereocenters. The standard InChI is InChI=1S/C34H60/c1-21(2)9-7-10-22(3)11-8-12-26-19-33(26)27-13-14-31-32(34(31)20-27)18-17-30-25(6)29(30)16-15-28-23(4)24(28)5/h21-34H,7-20H2,1-6H3. The van der Waals surface area contributed by atoms with Gasteiger partial charge >= 0.3 is 0 Å². The second kappa shape index (κ2) is 10.8. The molecule has 0 radical (unpaired) electrons. The Morgan fingerprint density at radius 3 is 1.88 bits per heavy atom. The van der Waals surface area contributed by atoms with Crippen molar-refractivity contribution >= 4 is 0 Å². The first-order chi connectivity index (χ1) is 16.3. The Balaban J connectivity index is 0.922. The maximum Gasteiger partial charge on any atom is -0.0349 e. The van der Waals surface area contributed by atoms with Crippen LogP contribution < -0.4 is 0 Å². The number of rotatable bonds is 15. The molecule has 5 rings (SSSR count). The Labute approximate surface area is 214 Å². The molecule has 0 aromatic carbocycles. The molecule has 0 bridgehead atoms. The highest BCUT2D eigenvalue weighted by atomic mass is 14.6. The Bertz CT molecular complexity index is 640. The van der Waals surface area contributed by atoms with Crippen LogP contribution in [0.1, 0.15) is 131 Å². The lowest BCUT2D eigenvalue weighted by atomic mass is 9.84. The molecule has 5 saturated carbocycles. The van der Waals surface area contributed by atoms with E-state index in [1.54, 1.807) is 57.8 Å². The molecule has 0 nitrogen and oxygen atoms in total. The lowest BCUT2D eigenvalue weighted by Crippen LogP contribution is -2.11. The van der Waals surface area contributed by atoms with E-state index < -0.39 is 0 Å². The van der Waals surface area contributed by atoms with Crippen molar-refractivity contribution in [1.29, 1.82) is 0 Å². The Kier molecular flexibility index (Phi) is 8.13. The maximum atomic E-state index is 2.57. The van der Waals surface area contributed by atoms with Crippen LogP contribution in [-0.2, 0) is 0 Å². The van der Waals surface area contributed by atoms with Gasteiger partial charge in [0.1, 0.15) is 0 Å². The highest BCUT2D eigenvalue weighted by Crippen LogP contribution is 2.64. The van der Waals surface area contributed by atoms with E-state index in [4.69, 9.17) is 0 Å². The van der Waals surface area contributed by atoms with Gasteiger partial charge in [-0.3, -0.25) is 0 Å². The first kappa shape index (κ1) is 25.6. The summed E-state index contributed by atoms with van der Waals surface area (Å²) in [5.74, 6) is 15.2. The fraction of sp³-hybridized carbons (Fsp3) is 1.00. The van der Waals surface area contributed by atoms with Gasteiger partial charge in [0.15, 0.2) is 0 Å². The van der Waals surface area contributed by atoms with Gasteiger partial charge in [0.25, 0.3) is 0 Å². The average Bonchev–Trinajstić information content (AvgIpc) is 3.71. The fourth-order valence-electron chi connectivity index (χ4n) is 9.57. The van der Waals surface area contributed by atoms with Crippen molar-refractivity contribution < 1.29 is 0 Å². The van der Waals surface area contributed by atoms with Gasteiger partial charge in [-0.05, 0) is 134 Å². The largest absolute Gasteiger partial charge is 0.0628 e. The summed E-state index contributed by atoms with van der Waals surface area (Å²) in [6.07, 6.45) is 21.7. The van der Waals surface area contributed by atoms with Crippen LogP contribution in [-0.4, -0.2) is 0 Å². The second-order valence-corrected chi connectivity index (χ2v) is 15.3. The predicted octanol–water partition coefficient (Wildman–Crippen LogP) is 10.3. The van der Waals surface area contributed by atoms with Crippen molar-refractivity contribution in [2.45, 2.75) is 131 Å². The molecule has 5 aliphatic carbocycles. The summed E-state index contributed by atoms with van der Waals surface area (Å²) in [6.45, 7) is 14.8. The molecule has 5 fully saturated rings. The number of hydrogen-bond acceptors (Lipinski definition) is 0. The van der Waals surface area contributed by atoms with Crippen LogP contribution >= 0.6 is 0 Å². The molecule has 0 aromatic rings.